The molecule has 2 fully saturated rings. The van der Waals surface area contributed by atoms with Crippen molar-refractivity contribution >= 4 is 6.09 Å². The Labute approximate surface area is 145 Å². The molecular weight excluding hydrogens is 302 g/mol. The second-order valence-electron chi connectivity index (χ2n) is 8.01. The van der Waals surface area contributed by atoms with E-state index in [0.29, 0.717) is 24.7 Å². The van der Waals surface area contributed by atoms with E-state index in [1.54, 1.807) is 0 Å². The van der Waals surface area contributed by atoms with Crippen LogP contribution < -0.4 is 0 Å². The number of nitrogens with zero attached hydrogens (tertiary/aromatic N) is 1. The minimum absolute atomic E-state index is 0.226. The van der Waals surface area contributed by atoms with E-state index >= 15 is 0 Å². The fourth-order valence-electron chi connectivity index (χ4n) is 3.54. The number of carbonyl (C=O) groups is 1. The molecule has 0 bridgehead atoms. The lowest BCUT2D eigenvalue weighted by molar-refractivity contribution is 0.0219. The van der Waals surface area contributed by atoms with Crippen LogP contribution in [0.1, 0.15) is 52.0 Å². The highest BCUT2D eigenvalue weighted by Crippen LogP contribution is 2.42. The van der Waals surface area contributed by atoms with Gasteiger partial charge in [-0.2, -0.15) is 0 Å². The van der Waals surface area contributed by atoms with Crippen molar-refractivity contribution in [1.82, 2.24) is 4.90 Å². The van der Waals surface area contributed by atoms with Crippen LogP contribution in [0.4, 0.5) is 4.79 Å². The smallest absolute Gasteiger partial charge is 0.410 e. The van der Waals surface area contributed by atoms with Gasteiger partial charge in [-0.25, -0.2) is 4.79 Å². The third-order valence-corrected chi connectivity index (χ3v) is 4.79. The monoisotopic (exact) mass is 331 g/mol. The van der Waals surface area contributed by atoms with E-state index in [-0.39, 0.29) is 6.09 Å². The summed E-state index contributed by atoms with van der Waals surface area (Å²) in [6.45, 7) is 7.05. The molecule has 1 aliphatic carbocycles. The standard InChI is InChI=1S/C20H29NO3/c1-20(2,3)24-19(22)21(14-15-8-5-4-6-9-15)13-12-16-10-7-11-17-18(16)23-17/h4-6,8-9,16-18H,7,10-14H2,1-3H3. The van der Waals surface area contributed by atoms with Crippen LogP contribution in [-0.2, 0) is 16.0 Å². The number of benzene rings is 1. The fraction of sp³-hybridized carbons (Fsp3) is 0.650. The number of epoxide rings is 1. The van der Waals surface area contributed by atoms with Crippen molar-refractivity contribution in [3.63, 3.8) is 0 Å². The van der Waals surface area contributed by atoms with Gasteiger partial charge in [-0.05, 0) is 51.5 Å². The lowest BCUT2D eigenvalue weighted by Crippen LogP contribution is -2.38. The molecular formula is C20H29NO3. The van der Waals surface area contributed by atoms with Gasteiger partial charge in [-0.1, -0.05) is 36.8 Å². The third-order valence-electron chi connectivity index (χ3n) is 4.79. The first-order valence-electron chi connectivity index (χ1n) is 9.10. The van der Waals surface area contributed by atoms with E-state index in [1.165, 1.54) is 19.3 Å². The van der Waals surface area contributed by atoms with E-state index < -0.39 is 5.60 Å². The molecule has 1 aromatic carbocycles. The minimum Gasteiger partial charge on any atom is -0.444 e. The van der Waals surface area contributed by atoms with E-state index in [0.717, 1.165) is 18.5 Å². The maximum Gasteiger partial charge on any atom is 0.410 e. The number of fused-ring (bicyclic) bond motifs is 1. The van der Waals surface area contributed by atoms with Crippen molar-refractivity contribution in [3.8, 4) is 0 Å². The van der Waals surface area contributed by atoms with Gasteiger partial charge >= 0.3 is 6.09 Å². The van der Waals surface area contributed by atoms with Gasteiger partial charge in [0.15, 0.2) is 0 Å². The average Bonchev–Trinajstić information content (AvgIpc) is 3.30. The normalized spacial score (nSPS) is 25.7. The lowest BCUT2D eigenvalue weighted by Gasteiger charge is -2.29. The van der Waals surface area contributed by atoms with Crippen LogP contribution in [0.25, 0.3) is 0 Å². The van der Waals surface area contributed by atoms with Crippen LogP contribution in [0.3, 0.4) is 0 Å². The highest BCUT2D eigenvalue weighted by atomic mass is 16.6. The molecule has 3 rings (SSSR count). The summed E-state index contributed by atoms with van der Waals surface area (Å²) in [5.41, 5.74) is 0.661. The maximum absolute atomic E-state index is 12.6. The van der Waals surface area contributed by atoms with Crippen molar-refractivity contribution in [2.75, 3.05) is 6.54 Å². The van der Waals surface area contributed by atoms with Crippen molar-refractivity contribution in [3.05, 3.63) is 35.9 Å². The molecule has 4 nitrogen and oxygen atoms in total. The van der Waals surface area contributed by atoms with E-state index in [4.69, 9.17) is 9.47 Å². The van der Waals surface area contributed by atoms with E-state index in [1.807, 2.05) is 43.9 Å². The Balaban J connectivity index is 1.61. The summed E-state index contributed by atoms with van der Waals surface area (Å²) < 4.78 is 11.4. The minimum atomic E-state index is -0.471. The zero-order valence-corrected chi connectivity index (χ0v) is 15.0. The van der Waals surface area contributed by atoms with Gasteiger partial charge in [-0.15, -0.1) is 0 Å². The zero-order chi connectivity index (χ0) is 17.2. The topological polar surface area (TPSA) is 42.1 Å². The van der Waals surface area contributed by atoms with Crippen molar-refractivity contribution in [1.29, 1.82) is 0 Å². The molecule has 1 amide bonds. The molecule has 3 atom stereocenters. The number of hydrogen-bond donors (Lipinski definition) is 0. The molecule has 0 radical (unpaired) electrons. The first-order valence-corrected chi connectivity index (χ1v) is 9.10. The Morgan fingerprint density at radius 2 is 2.00 bits per heavy atom. The Kier molecular flexibility index (Phi) is 5.14. The zero-order valence-electron chi connectivity index (χ0n) is 15.0. The second-order valence-corrected chi connectivity index (χ2v) is 8.01. The van der Waals surface area contributed by atoms with Crippen LogP contribution in [0.15, 0.2) is 30.3 Å². The highest BCUT2D eigenvalue weighted by Gasteiger charge is 2.46. The van der Waals surface area contributed by atoms with Gasteiger partial charge in [0, 0.05) is 13.1 Å². The van der Waals surface area contributed by atoms with Crippen molar-refractivity contribution in [2.24, 2.45) is 5.92 Å². The molecule has 1 saturated carbocycles. The number of hydrogen-bond acceptors (Lipinski definition) is 3. The fourth-order valence-corrected chi connectivity index (χ4v) is 3.54. The molecule has 2 aliphatic rings. The predicted octanol–water partition coefficient (Wildman–Crippen LogP) is 4.38. The first kappa shape index (κ1) is 17.3. The molecule has 1 heterocycles. The van der Waals surface area contributed by atoms with Gasteiger partial charge in [0.25, 0.3) is 0 Å². The summed E-state index contributed by atoms with van der Waals surface area (Å²) in [4.78, 5) is 14.4. The summed E-state index contributed by atoms with van der Waals surface area (Å²) in [5, 5.41) is 0. The van der Waals surface area contributed by atoms with Crippen LogP contribution in [-0.4, -0.2) is 35.3 Å². The Hall–Kier alpha value is -1.55. The largest absolute Gasteiger partial charge is 0.444 e. The Morgan fingerprint density at radius 3 is 2.71 bits per heavy atom. The van der Waals surface area contributed by atoms with Gasteiger partial charge in [0.1, 0.15) is 5.60 Å². The predicted molar refractivity (Wildman–Crippen MR) is 93.7 cm³/mol. The molecule has 0 spiro atoms. The van der Waals surface area contributed by atoms with Gasteiger partial charge in [0.2, 0.25) is 0 Å². The van der Waals surface area contributed by atoms with Crippen LogP contribution in [0.5, 0.6) is 0 Å². The highest BCUT2D eigenvalue weighted by molar-refractivity contribution is 5.68. The molecule has 3 unspecified atom stereocenters. The number of carbonyl (C=O) groups excluding carboxylic acids is 1. The van der Waals surface area contributed by atoms with Gasteiger partial charge < -0.3 is 14.4 Å². The summed E-state index contributed by atoms with van der Waals surface area (Å²) in [7, 11) is 0. The molecule has 1 saturated heterocycles. The number of ether oxygens (including phenoxy) is 2. The SMILES string of the molecule is CC(C)(C)OC(=O)N(CCC1CCCC2OC12)Cc1ccccc1. The van der Waals surface area contributed by atoms with Crippen LogP contribution in [0, 0.1) is 5.92 Å². The Bertz CT molecular complexity index is 552. The van der Waals surface area contributed by atoms with Crippen molar-refractivity contribution < 1.29 is 14.3 Å². The molecule has 0 N–H and O–H groups in total. The Morgan fingerprint density at radius 1 is 1.25 bits per heavy atom. The molecule has 24 heavy (non-hydrogen) atoms. The third kappa shape index (κ3) is 4.73. The van der Waals surface area contributed by atoms with E-state index in [2.05, 4.69) is 12.1 Å². The van der Waals surface area contributed by atoms with Crippen molar-refractivity contribution in [2.45, 2.75) is 70.8 Å². The second kappa shape index (κ2) is 7.14. The summed E-state index contributed by atoms with van der Waals surface area (Å²) in [6, 6.07) is 10.1. The summed E-state index contributed by atoms with van der Waals surface area (Å²) in [5.74, 6) is 0.587. The van der Waals surface area contributed by atoms with Crippen LogP contribution >= 0.6 is 0 Å². The van der Waals surface area contributed by atoms with E-state index in [9.17, 15) is 4.79 Å². The molecule has 0 aromatic heterocycles. The quantitative estimate of drug-likeness (QED) is 0.752. The summed E-state index contributed by atoms with van der Waals surface area (Å²) >= 11 is 0. The average molecular weight is 331 g/mol. The molecule has 1 aliphatic heterocycles. The van der Waals surface area contributed by atoms with Crippen LogP contribution in [0.2, 0.25) is 0 Å². The van der Waals surface area contributed by atoms with Gasteiger partial charge in [0.05, 0.1) is 12.2 Å². The molecule has 4 heteroatoms. The molecule has 1 aromatic rings. The summed E-state index contributed by atoms with van der Waals surface area (Å²) in [6.07, 6.45) is 5.37. The maximum atomic E-state index is 12.6. The lowest BCUT2D eigenvalue weighted by atomic mass is 9.87. The number of amides is 1. The van der Waals surface area contributed by atoms with Gasteiger partial charge in [-0.3, -0.25) is 0 Å². The first-order chi connectivity index (χ1) is 11.4. The number of rotatable bonds is 5. The molecule has 132 valence electrons.